The fourth-order valence-corrected chi connectivity index (χ4v) is 4.14. The topological polar surface area (TPSA) is 57.6 Å². The van der Waals surface area contributed by atoms with Gasteiger partial charge in [-0.15, -0.1) is 11.8 Å². The lowest BCUT2D eigenvalue weighted by atomic mass is 10.0. The van der Waals surface area contributed by atoms with E-state index in [0.717, 1.165) is 38.1 Å². The number of carbonyl (C=O) groups is 2. The number of carboxylic acid groups (broad SMARTS) is 1. The van der Waals surface area contributed by atoms with Crippen molar-refractivity contribution in [2.24, 2.45) is 5.92 Å². The Morgan fingerprint density at radius 3 is 2.89 bits per heavy atom. The van der Waals surface area contributed by atoms with E-state index in [-0.39, 0.29) is 17.1 Å². The molecule has 2 rings (SSSR count). The molecule has 1 amide bonds. The first-order chi connectivity index (χ1) is 8.51. The summed E-state index contributed by atoms with van der Waals surface area (Å²) < 4.78 is -0.221. The zero-order chi connectivity index (χ0) is 13.2. The molecule has 2 atom stereocenters. The van der Waals surface area contributed by atoms with Gasteiger partial charge in [0, 0.05) is 19.5 Å². The van der Waals surface area contributed by atoms with Gasteiger partial charge in [0.15, 0.2) is 0 Å². The van der Waals surface area contributed by atoms with E-state index in [0.29, 0.717) is 12.3 Å². The number of hydrogen-bond acceptors (Lipinski definition) is 3. The Morgan fingerprint density at radius 2 is 2.28 bits per heavy atom. The first-order valence-electron chi connectivity index (χ1n) is 6.66. The van der Waals surface area contributed by atoms with Gasteiger partial charge in [-0.3, -0.25) is 9.59 Å². The second-order valence-corrected chi connectivity index (χ2v) is 7.12. The van der Waals surface area contributed by atoms with Gasteiger partial charge in [-0.1, -0.05) is 0 Å². The first kappa shape index (κ1) is 13.7. The predicted molar refractivity (Wildman–Crippen MR) is 71.7 cm³/mol. The zero-order valence-electron chi connectivity index (χ0n) is 10.9. The Hall–Kier alpha value is -0.710. The average Bonchev–Trinajstić information content (AvgIpc) is 2.95. The molecule has 0 aromatic heterocycles. The Morgan fingerprint density at radius 1 is 1.50 bits per heavy atom. The van der Waals surface area contributed by atoms with Gasteiger partial charge in [0.2, 0.25) is 5.91 Å². The van der Waals surface area contributed by atoms with Crippen LogP contribution in [0.4, 0.5) is 0 Å². The fourth-order valence-electron chi connectivity index (χ4n) is 2.86. The first-order valence-corrected chi connectivity index (χ1v) is 7.65. The summed E-state index contributed by atoms with van der Waals surface area (Å²) >= 11 is 1.77. The largest absolute Gasteiger partial charge is 0.481 e. The molecule has 0 aromatic rings. The average molecular weight is 271 g/mol. The number of rotatable bonds is 4. The highest BCUT2D eigenvalue weighted by atomic mass is 32.2. The third-order valence-corrected chi connectivity index (χ3v) is 5.52. The molecule has 0 bridgehead atoms. The number of carboxylic acids is 1. The van der Waals surface area contributed by atoms with Crippen molar-refractivity contribution in [3.05, 3.63) is 0 Å². The van der Waals surface area contributed by atoms with Crippen molar-refractivity contribution >= 4 is 23.6 Å². The maximum Gasteiger partial charge on any atom is 0.303 e. The molecule has 0 radical (unpaired) electrons. The van der Waals surface area contributed by atoms with E-state index >= 15 is 0 Å². The molecular formula is C13H21NO3S. The van der Waals surface area contributed by atoms with E-state index in [1.54, 1.807) is 11.8 Å². The van der Waals surface area contributed by atoms with E-state index in [1.165, 1.54) is 0 Å². The molecule has 2 aliphatic heterocycles. The molecule has 18 heavy (non-hydrogen) atoms. The smallest absolute Gasteiger partial charge is 0.303 e. The van der Waals surface area contributed by atoms with Crippen LogP contribution in [-0.4, -0.2) is 45.5 Å². The third-order valence-electron chi connectivity index (χ3n) is 4.01. The lowest BCUT2D eigenvalue weighted by Gasteiger charge is -2.28. The molecule has 2 unspecified atom stereocenters. The van der Waals surface area contributed by atoms with Gasteiger partial charge in [-0.05, 0) is 44.3 Å². The summed E-state index contributed by atoms with van der Waals surface area (Å²) in [6.45, 7) is 3.61. The van der Waals surface area contributed by atoms with Crippen LogP contribution in [0.2, 0.25) is 0 Å². The van der Waals surface area contributed by atoms with E-state index in [2.05, 4.69) is 6.92 Å². The van der Waals surface area contributed by atoms with Gasteiger partial charge in [0.25, 0.3) is 0 Å². The van der Waals surface area contributed by atoms with Crippen molar-refractivity contribution in [2.75, 3.05) is 18.8 Å². The molecule has 2 fully saturated rings. The number of nitrogens with zero attached hydrogens (tertiary/aromatic N) is 1. The number of aliphatic carboxylic acids is 1. The summed E-state index contributed by atoms with van der Waals surface area (Å²) in [4.78, 5) is 24.9. The molecule has 2 heterocycles. The monoisotopic (exact) mass is 271 g/mol. The van der Waals surface area contributed by atoms with Crippen LogP contribution in [0.25, 0.3) is 0 Å². The Balaban J connectivity index is 1.84. The van der Waals surface area contributed by atoms with Crippen LogP contribution in [0.3, 0.4) is 0 Å². The lowest BCUT2D eigenvalue weighted by molar-refractivity contribution is -0.137. The second-order valence-electron chi connectivity index (χ2n) is 5.52. The lowest BCUT2D eigenvalue weighted by Crippen LogP contribution is -2.42. The van der Waals surface area contributed by atoms with Crippen LogP contribution in [0.15, 0.2) is 0 Å². The summed E-state index contributed by atoms with van der Waals surface area (Å²) in [6, 6.07) is 0. The minimum Gasteiger partial charge on any atom is -0.481 e. The molecule has 2 aliphatic rings. The van der Waals surface area contributed by atoms with E-state index in [4.69, 9.17) is 5.11 Å². The Kier molecular flexibility index (Phi) is 4.20. The maximum atomic E-state index is 12.4. The minimum atomic E-state index is -0.738. The number of hydrogen-bond donors (Lipinski definition) is 1. The predicted octanol–water partition coefficient (Wildman–Crippen LogP) is 1.99. The van der Waals surface area contributed by atoms with Crippen molar-refractivity contribution in [2.45, 2.75) is 43.8 Å². The van der Waals surface area contributed by atoms with Crippen molar-refractivity contribution in [1.29, 1.82) is 0 Å². The van der Waals surface area contributed by atoms with Gasteiger partial charge < -0.3 is 10.0 Å². The molecule has 0 saturated carbocycles. The molecule has 5 heteroatoms. The van der Waals surface area contributed by atoms with Crippen LogP contribution in [-0.2, 0) is 9.59 Å². The Bertz CT molecular complexity index is 339. The fraction of sp³-hybridized carbons (Fsp3) is 0.846. The number of thioether (sulfide) groups is 1. The molecule has 0 aromatic carbocycles. The molecular weight excluding hydrogens is 250 g/mol. The summed E-state index contributed by atoms with van der Waals surface area (Å²) in [5.41, 5.74) is 0. The second kappa shape index (κ2) is 5.51. The zero-order valence-corrected chi connectivity index (χ0v) is 11.7. The maximum absolute atomic E-state index is 12.4. The van der Waals surface area contributed by atoms with Gasteiger partial charge in [-0.2, -0.15) is 0 Å². The van der Waals surface area contributed by atoms with E-state index < -0.39 is 5.97 Å². The quantitative estimate of drug-likeness (QED) is 0.849. The number of amides is 1. The van der Waals surface area contributed by atoms with Crippen LogP contribution < -0.4 is 0 Å². The molecule has 0 aliphatic carbocycles. The van der Waals surface area contributed by atoms with Crippen molar-refractivity contribution in [1.82, 2.24) is 4.90 Å². The Labute approximate surface area is 112 Å². The highest BCUT2D eigenvalue weighted by molar-refractivity contribution is 8.01. The highest BCUT2D eigenvalue weighted by Crippen LogP contribution is 2.40. The van der Waals surface area contributed by atoms with Gasteiger partial charge >= 0.3 is 5.97 Å². The van der Waals surface area contributed by atoms with Crippen molar-refractivity contribution < 1.29 is 14.7 Å². The highest BCUT2D eigenvalue weighted by Gasteiger charge is 2.41. The summed E-state index contributed by atoms with van der Waals surface area (Å²) in [5.74, 6) is 0.986. The standard InChI is InChI=1S/C13H21NO3S/c1-13(6-2-8-18-13)12(17)14-7-5-10(9-14)3-4-11(15)16/h10H,2-9H2,1H3,(H,15,16). The number of likely N-dealkylation sites (tertiary alicyclic amines) is 1. The summed E-state index contributed by atoms with van der Waals surface area (Å²) in [7, 11) is 0. The molecule has 102 valence electrons. The number of carbonyl (C=O) groups excluding carboxylic acids is 1. The van der Waals surface area contributed by atoms with E-state index in [9.17, 15) is 9.59 Å². The van der Waals surface area contributed by atoms with Crippen LogP contribution in [0.5, 0.6) is 0 Å². The van der Waals surface area contributed by atoms with Crippen LogP contribution >= 0.6 is 11.8 Å². The minimum absolute atomic E-state index is 0.221. The van der Waals surface area contributed by atoms with Gasteiger partial charge in [-0.25, -0.2) is 0 Å². The SMILES string of the molecule is CC1(C(=O)N2CCC(CCC(=O)O)C2)CCCS1. The van der Waals surface area contributed by atoms with Crippen molar-refractivity contribution in [3.63, 3.8) is 0 Å². The van der Waals surface area contributed by atoms with Gasteiger partial charge in [0.05, 0.1) is 4.75 Å². The molecule has 1 N–H and O–H groups in total. The molecule has 0 spiro atoms. The normalized spacial score (nSPS) is 31.8. The van der Waals surface area contributed by atoms with E-state index in [1.807, 2.05) is 4.90 Å². The van der Waals surface area contributed by atoms with Crippen LogP contribution in [0.1, 0.15) is 39.0 Å². The molecule has 2 saturated heterocycles. The van der Waals surface area contributed by atoms with Crippen molar-refractivity contribution in [3.8, 4) is 0 Å². The summed E-state index contributed by atoms with van der Waals surface area (Å²) in [5, 5.41) is 8.68. The molecule has 4 nitrogen and oxygen atoms in total. The van der Waals surface area contributed by atoms with Gasteiger partial charge in [0.1, 0.15) is 0 Å². The third kappa shape index (κ3) is 2.99. The van der Waals surface area contributed by atoms with Crippen LogP contribution in [0, 0.1) is 5.92 Å². The summed E-state index contributed by atoms with van der Waals surface area (Å²) in [6.07, 6.45) is 3.98.